The standard InChI is InChI=1S/C10H17N3/c1-7(2)9(11)8-3-5-13-6-4-12-10(8)13/h3,5,7,9,12H,4,6,11H2,1-2H3. The molecule has 1 aliphatic heterocycles. The summed E-state index contributed by atoms with van der Waals surface area (Å²) in [5, 5.41) is 3.37. The first-order valence-corrected chi connectivity index (χ1v) is 4.88. The van der Waals surface area contributed by atoms with Gasteiger partial charge in [0, 0.05) is 30.9 Å². The summed E-state index contributed by atoms with van der Waals surface area (Å²) < 4.78 is 2.23. The van der Waals surface area contributed by atoms with E-state index in [2.05, 4.69) is 36.0 Å². The zero-order chi connectivity index (χ0) is 9.42. The number of rotatable bonds is 2. The minimum absolute atomic E-state index is 0.154. The van der Waals surface area contributed by atoms with E-state index in [1.54, 1.807) is 0 Å². The fourth-order valence-electron chi connectivity index (χ4n) is 1.80. The zero-order valence-corrected chi connectivity index (χ0v) is 8.25. The quantitative estimate of drug-likeness (QED) is 0.723. The SMILES string of the molecule is CC(C)C(N)c1ccn2c1NCC2. The Hall–Kier alpha value is -0.960. The van der Waals surface area contributed by atoms with Crippen molar-refractivity contribution in [2.45, 2.75) is 26.4 Å². The smallest absolute Gasteiger partial charge is 0.110 e. The van der Waals surface area contributed by atoms with Gasteiger partial charge in [0.15, 0.2) is 0 Å². The van der Waals surface area contributed by atoms with Crippen molar-refractivity contribution in [3.8, 4) is 0 Å². The van der Waals surface area contributed by atoms with Crippen LogP contribution in [0.1, 0.15) is 25.5 Å². The number of nitrogens with zero attached hydrogens (tertiary/aromatic N) is 1. The number of nitrogens with one attached hydrogen (secondary N) is 1. The Morgan fingerprint density at radius 1 is 1.54 bits per heavy atom. The van der Waals surface area contributed by atoms with Crippen molar-refractivity contribution in [1.29, 1.82) is 0 Å². The summed E-state index contributed by atoms with van der Waals surface area (Å²) in [7, 11) is 0. The minimum Gasteiger partial charge on any atom is -0.369 e. The first kappa shape index (κ1) is 8.63. The van der Waals surface area contributed by atoms with E-state index >= 15 is 0 Å². The Morgan fingerprint density at radius 2 is 2.31 bits per heavy atom. The highest BCUT2D eigenvalue weighted by atomic mass is 15.2. The van der Waals surface area contributed by atoms with Crippen LogP contribution < -0.4 is 11.1 Å². The van der Waals surface area contributed by atoms with Gasteiger partial charge in [0.25, 0.3) is 0 Å². The number of nitrogens with two attached hydrogens (primary N) is 1. The summed E-state index contributed by atoms with van der Waals surface area (Å²) in [4.78, 5) is 0. The lowest BCUT2D eigenvalue weighted by atomic mass is 9.99. The molecule has 72 valence electrons. The van der Waals surface area contributed by atoms with Crippen molar-refractivity contribution in [1.82, 2.24) is 4.57 Å². The number of anilines is 1. The zero-order valence-electron chi connectivity index (χ0n) is 8.25. The van der Waals surface area contributed by atoms with Crippen molar-refractivity contribution in [2.24, 2.45) is 11.7 Å². The lowest BCUT2D eigenvalue weighted by molar-refractivity contribution is 0.515. The third-order valence-corrected chi connectivity index (χ3v) is 2.72. The van der Waals surface area contributed by atoms with Gasteiger partial charge in [-0.15, -0.1) is 0 Å². The van der Waals surface area contributed by atoms with Gasteiger partial charge in [0.05, 0.1) is 0 Å². The van der Waals surface area contributed by atoms with Crippen LogP contribution in [0.5, 0.6) is 0 Å². The fourth-order valence-corrected chi connectivity index (χ4v) is 1.80. The monoisotopic (exact) mass is 179 g/mol. The largest absolute Gasteiger partial charge is 0.369 e. The average molecular weight is 179 g/mol. The van der Waals surface area contributed by atoms with Gasteiger partial charge in [0.1, 0.15) is 5.82 Å². The average Bonchev–Trinajstić information content (AvgIpc) is 2.61. The molecule has 0 amide bonds. The van der Waals surface area contributed by atoms with Crippen LogP contribution in [-0.2, 0) is 6.54 Å². The molecule has 2 heterocycles. The molecule has 0 saturated carbocycles. The lowest BCUT2D eigenvalue weighted by Gasteiger charge is -2.15. The van der Waals surface area contributed by atoms with Gasteiger partial charge in [0.2, 0.25) is 0 Å². The molecular weight excluding hydrogens is 162 g/mol. The molecule has 0 saturated heterocycles. The van der Waals surface area contributed by atoms with E-state index in [1.165, 1.54) is 11.4 Å². The van der Waals surface area contributed by atoms with Crippen LogP contribution in [0, 0.1) is 5.92 Å². The van der Waals surface area contributed by atoms with E-state index in [1.807, 2.05) is 0 Å². The van der Waals surface area contributed by atoms with E-state index in [-0.39, 0.29) is 6.04 Å². The molecule has 0 spiro atoms. The molecule has 0 aromatic carbocycles. The molecule has 1 aliphatic rings. The molecule has 2 rings (SSSR count). The van der Waals surface area contributed by atoms with Crippen LogP contribution in [0.25, 0.3) is 0 Å². The summed E-state index contributed by atoms with van der Waals surface area (Å²) in [5.41, 5.74) is 7.36. The molecule has 0 fully saturated rings. The van der Waals surface area contributed by atoms with E-state index in [9.17, 15) is 0 Å². The topological polar surface area (TPSA) is 43.0 Å². The molecule has 0 aliphatic carbocycles. The Bertz CT molecular complexity index is 301. The minimum atomic E-state index is 0.154. The van der Waals surface area contributed by atoms with Gasteiger partial charge < -0.3 is 15.6 Å². The van der Waals surface area contributed by atoms with Crippen molar-refractivity contribution < 1.29 is 0 Å². The molecule has 0 bridgehead atoms. The van der Waals surface area contributed by atoms with Crippen LogP contribution in [-0.4, -0.2) is 11.1 Å². The van der Waals surface area contributed by atoms with Crippen molar-refractivity contribution in [2.75, 3.05) is 11.9 Å². The number of hydrogen-bond acceptors (Lipinski definition) is 2. The third-order valence-electron chi connectivity index (χ3n) is 2.72. The predicted octanol–water partition coefficient (Wildman–Crippen LogP) is 1.57. The van der Waals surface area contributed by atoms with E-state index in [4.69, 9.17) is 5.73 Å². The van der Waals surface area contributed by atoms with Gasteiger partial charge in [-0.3, -0.25) is 0 Å². The summed E-state index contributed by atoms with van der Waals surface area (Å²) in [6.07, 6.45) is 2.12. The summed E-state index contributed by atoms with van der Waals surface area (Å²) in [6, 6.07) is 2.29. The highest BCUT2D eigenvalue weighted by Gasteiger charge is 2.20. The summed E-state index contributed by atoms with van der Waals surface area (Å²) >= 11 is 0. The fraction of sp³-hybridized carbons (Fsp3) is 0.600. The second-order valence-corrected chi connectivity index (χ2v) is 4.01. The molecule has 3 N–H and O–H groups in total. The second kappa shape index (κ2) is 3.07. The predicted molar refractivity (Wildman–Crippen MR) is 54.7 cm³/mol. The number of fused-ring (bicyclic) bond motifs is 1. The molecule has 1 aromatic rings. The van der Waals surface area contributed by atoms with Gasteiger partial charge in [-0.2, -0.15) is 0 Å². The molecule has 3 heteroatoms. The molecule has 1 atom stereocenters. The van der Waals surface area contributed by atoms with Crippen LogP contribution in [0.3, 0.4) is 0 Å². The van der Waals surface area contributed by atoms with E-state index in [0.717, 1.165) is 13.1 Å². The Balaban J connectivity index is 2.30. The molecular formula is C10H17N3. The van der Waals surface area contributed by atoms with Crippen molar-refractivity contribution >= 4 is 5.82 Å². The Labute approximate surface area is 78.9 Å². The third kappa shape index (κ3) is 1.33. The maximum Gasteiger partial charge on any atom is 0.110 e. The number of aromatic nitrogens is 1. The maximum absolute atomic E-state index is 6.10. The van der Waals surface area contributed by atoms with Gasteiger partial charge >= 0.3 is 0 Å². The van der Waals surface area contributed by atoms with E-state index in [0.29, 0.717) is 5.92 Å². The first-order valence-electron chi connectivity index (χ1n) is 4.88. The van der Waals surface area contributed by atoms with Gasteiger partial charge in [-0.05, 0) is 12.0 Å². The van der Waals surface area contributed by atoms with Crippen LogP contribution in [0.4, 0.5) is 5.82 Å². The Kier molecular flexibility index (Phi) is 2.04. The first-order chi connectivity index (χ1) is 6.20. The number of hydrogen-bond donors (Lipinski definition) is 2. The maximum atomic E-state index is 6.10. The molecule has 0 radical (unpaired) electrons. The second-order valence-electron chi connectivity index (χ2n) is 4.01. The van der Waals surface area contributed by atoms with E-state index < -0.39 is 0 Å². The van der Waals surface area contributed by atoms with Gasteiger partial charge in [-0.25, -0.2) is 0 Å². The van der Waals surface area contributed by atoms with Crippen LogP contribution in [0.15, 0.2) is 12.3 Å². The van der Waals surface area contributed by atoms with Crippen LogP contribution in [0.2, 0.25) is 0 Å². The summed E-state index contributed by atoms with van der Waals surface area (Å²) in [5.74, 6) is 1.72. The van der Waals surface area contributed by atoms with Crippen LogP contribution >= 0.6 is 0 Å². The lowest BCUT2D eigenvalue weighted by Crippen LogP contribution is -2.17. The van der Waals surface area contributed by atoms with Crippen molar-refractivity contribution in [3.05, 3.63) is 17.8 Å². The summed E-state index contributed by atoms with van der Waals surface area (Å²) in [6.45, 7) is 6.42. The highest BCUT2D eigenvalue weighted by Crippen LogP contribution is 2.29. The van der Waals surface area contributed by atoms with Gasteiger partial charge in [-0.1, -0.05) is 13.8 Å². The molecule has 3 nitrogen and oxygen atoms in total. The Morgan fingerprint density at radius 3 is 3.00 bits per heavy atom. The highest BCUT2D eigenvalue weighted by molar-refractivity contribution is 5.50. The van der Waals surface area contributed by atoms with Crippen molar-refractivity contribution in [3.63, 3.8) is 0 Å². The molecule has 13 heavy (non-hydrogen) atoms. The molecule has 1 aromatic heterocycles. The normalized spacial score (nSPS) is 17.2. The molecule has 1 unspecified atom stereocenters.